The highest BCUT2D eigenvalue weighted by atomic mass is 19.4. The molecule has 1 N–H and O–H groups in total. The summed E-state index contributed by atoms with van der Waals surface area (Å²) >= 11 is 0. The van der Waals surface area contributed by atoms with Crippen molar-refractivity contribution in [3.63, 3.8) is 0 Å². The van der Waals surface area contributed by atoms with E-state index < -0.39 is 36.0 Å². The zero-order valence-corrected chi connectivity index (χ0v) is 8.59. The van der Waals surface area contributed by atoms with Crippen LogP contribution in [0.5, 0.6) is 0 Å². The Morgan fingerprint density at radius 1 is 1.17 bits per heavy atom. The van der Waals surface area contributed by atoms with Gasteiger partial charge >= 0.3 is 12.3 Å². The van der Waals surface area contributed by atoms with Crippen molar-refractivity contribution in [3.05, 3.63) is 35.4 Å². The summed E-state index contributed by atoms with van der Waals surface area (Å²) in [6.07, 6.45) is -8.48. The normalized spacial score (nSPS) is 23.7. The van der Waals surface area contributed by atoms with E-state index in [-0.39, 0.29) is 5.56 Å². The molecule has 1 saturated heterocycles. The summed E-state index contributed by atoms with van der Waals surface area (Å²) in [6.45, 7) is 0. The summed E-state index contributed by atoms with van der Waals surface area (Å²) in [7, 11) is 0. The number of hydrogen-bond donors (Lipinski definition) is 1. The Morgan fingerprint density at radius 2 is 1.83 bits per heavy atom. The van der Waals surface area contributed by atoms with Gasteiger partial charge in [-0.2, -0.15) is 13.2 Å². The lowest BCUT2D eigenvalue weighted by Crippen LogP contribution is -2.35. The van der Waals surface area contributed by atoms with Gasteiger partial charge in [0.1, 0.15) is 6.04 Å². The Balaban J connectivity index is 2.36. The van der Waals surface area contributed by atoms with Crippen LogP contribution in [0.3, 0.4) is 0 Å². The fraction of sp³-hybridized carbons (Fsp3) is 0.300. The van der Waals surface area contributed by atoms with Crippen LogP contribution in [0, 0.1) is 11.6 Å². The lowest BCUT2D eigenvalue weighted by molar-refractivity contribution is -0.200. The average Bonchev–Trinajstić information content (AvgIpc) is 2.64. The summed E-state index contributed by atoms with van der Waals surface area (Å²) in [5.41, 5.74) is -0.220. The number of ether oxygens (including phenoxy) is 1. The van der Waals surface area contributed by atoms with Gasteiger partial charge in [0.25, 0.3) is 0 Å². The molecular formula is C10H6F5NO2. The molecular weight excluding hydrogens is 261 g/mol. The average molecular weight is 267 g/mol. The molecule has 2 unspecified atom stereocenters. The van der Waals surface area contributed by atoms with Gasteiger partial charge in [-0.05, 0) is 17.7 Å². The fourth-order valence-electron chi connectivity index (χ4n) is 1.64. The summed E-state index contributed by atoms with van der Waals surface area (Å²) < 4.78 is 67.4. The number of carbonyl (C=O) groups is 1. The minimum atomic E-state index is -4.80. The lowest BCUT2D eigenvalue weighted by atomic mass is 10.0. The van der Waals surface area contributed by atoms with Crippen LogP contribution >= 0.6 is 0 Å². The molecule has 1 aliphatic heterocycles. The lowest BCUT2D eigenvalue weighted by Gasteiger charge is -2.19. The Kier molecular flexibility index (Phi) is 2.88. The van der Waals surface area contributed by atoms with E-state index in [1.165, 1.54) is 0 Å². The van der Waals surface area contributed by atoms with E-state index >= 15 is 0 Å². The molecule has 18 heavy (non-hydrogen) atoms. The summed E-state index contributed by atoms with van der Waals surface area (Å²) in [4.78, 5) is 10.8. The maximum Gasteiger partial charge on any atom is 0.428 e. The van der Waals surface area contributed by atoms with E-state index in [1.54, 1.807) is 0 Å². The predicted molar refractivity (Wildman–Crippen MR) is 48.6 cm³/mol. The van der Waals surface area contributed by atoms with E-state index in [2.05, 4.69) is 4.74 Å². The summed E-state index contributed by atoms with van der Waals surface area (Å²) in [5.74, 6) is -2.48. The topological polar surface area (TPSA) is 38.3 Å². The highest BCUT2D eigenvalue weighted by Crippen LogP contribution is 2.36. The van der Waals surface area contributed by atoms with Crippen molar-refractivity contribution in [2.45, 2.75) is 18.3 Å². The third-order valence-electron chi connectivity index (χ3n) is 2.44. The van der Waals surface area contributed by atoms with Crippen LogP contribution in [0.2, 0.25) is 0 Å². The minimum Gasteiger partial charge on any atom is -0.434 e. The Hall–Kier alpha value is -1.86. The number of cyclic esters (lactones) is 1. The van der Waals surface area contributed by atoms with Crippen LogP contribution in [-0.2, 0) is 4.74 Å². The highest BCUT2D eigenvalue weighted by molar-refractivity contribution is 5.71. The van der Waals surface area contributed by atoms with Crippen LogP contribution in [0.4, 0.5) is 26.7 Å². The molecule has 0 aromatic heterocycles. The maximum absolute atomic E-state index is 12.9. The molecule has 0 radical (unpaired) electrons. The maximum atomic E-state index is 12.9. The molecule has 0 aliphatic carbocycles. The van der Waals surface area contributed by atoms with Crippen molar-refractivity contribution < 1.29 is 31.5 Å². The van der Waals surface area contributed by atoms with Gasteiger partial charge < -0.3 is 10.1 Å². The van der Waals surface area contributed by atoms with E-state index in [0.717, 1.165) is 6.07 Å². The van der Waals surface area contributed by atoms with Crippen LogP contribution in [0.15, 0.2) is 18.2 Å². The first-order valence-corrected chi connectivity index (χ1v) is 4.78. The molecule has 1 heterocycles. The number of benzene rings is 1. The number of alkyl carbamates (subject to hydrolysis) is 1. The highest BCUT2D eigenvalue weighted by Gasteiger charge is 2.53. The van der Waals surface area contributed by atoms with Crippen molar-refractivity contribution in [2.24, 2.45) is 0 Å². The smallest absolute Gasteiger partial charge is 0.428 e. The predicted octanol–water partition coefficient (Wildman–Crippen LogP) is 2.68. The largest absolute Gasteiger partial charge is 0.434 e. The van der Waals surface area contributed by atoms with Gasteiger partial charge in [0.2, 0.25) is 6.10 Å². The van der Waals surface area contributed by atoms with Gasteiger partial charge in [0.05, 0.1) is 0 Å². The van der Waals surface area contributed by atoms with Crippen molar-refractivity contribution in [1.29, 1.82) is 0 Å². The Labute approximate surface area is 97.5 Å². The molecule has 2 rings (SSSR count). The molecule has 1 aromatic carbocycles. The number of carbonyl (C=O) groups excluding carboxylic acids is 1. The second-order valence-electron chi connectivity index (χ2n) is 3.66. The number of hydrogen-bond acceptors (Lipinski definition) is 2. The van der Waals surface area contributed by atoms with Crippen molar-refractivity contribution in [2.75, 3.05) is 0 Å². The van der Waals surface area contributed by atoms with E-state index in [1.807, 2.05) is 5.32 Å². The number of halogens is 5. The van der Waals surface area contributed by atoms with Crippen molar-refractivity contribution >= 4 is 6.09 Å². The first-order valence-electron chi connectivity index (χ1n) is 4.78. The van der Waals surface area contributed by atoms with Crippen molar-refractivity contribution in [1.82, 2.24) is 5.32 Å². The van der Waals surface area contributed by atoms with Crippen LogP contribution in [0.1, 0.15) is 11.6 Å². The van der Waals surface area contributed by atoms with Gasteiger partial charge in [0.15, 0.2) is 11.6 Å². The summed E-state index contributed by atoms with van der Waals surface area (Å²) in [6, 6.07) is 0.639. The van der Waals surface area contributed by atoms with E-state index in [0.29, 0.717) is 12.1 Å². The quantitative estimate of drug-likeness (QED) is 0.794. The third kappa shape index (κ3) is 2.22. The number of rotatable bonds is 1. The van der Waals surface area contributed by atoms with Gasteiger partial charge in [-0.1, -0.05) is 6.07 Å². The molecule has 1 aromatic rings. The van der Waals surface area contributed by atoms with Gasteiger partial charge in [-0.25, -0.2) is 13.6 Å². The van der Waals surface area contributed by atoms with Crippen LogP contribution in [0.25, 0.3) is 0 Å². The van der Waals surface area contributed by atoms with Gasteiger partial charge in [0, 0.05) is 0 Å². The van der Waals surface area contributed by atoms with E-state index in [9.17, 15) is 26.7 Å². The molecule has 98 valence electrons. The first-order chi connectivity index (χ1) is 8.29. The zero-order chi connectivity index (χ0) is 13.5. The third-order valence-corrected chi connectivity index (χ3v) is 2.44. The second-order valence-corrected chi connectivity index (χ2v) is 3.66. The number of amides is 1. The van der Waals surface area contributed by atoms with Crippen molar-refractivity contribution in [3.8, 4) is 0 Å². The standard InChI is InChI=1S/C10H6F5NO2/c11-5-2-1-4(3-6(5)12)7-8(10(13,14)15)18-9(17)16-7/h1-3,7-8H,(H,16,17). The Bertz CT molecular complexity index is 488. The van der Waals surface area contributed by atoms with Gasteiger partial charge in [-0.15, -0.1) is 0 Å². The van der Waals surface area contributed by atoms with Crippen LogP contribution in [-0.4, -0.2) is 18.4 Å². The van der Waals surface area contributed by atoms with Crippen LogP contribution < -0.4 is 5.32 Å². The minimum absolute atomic E-state index is 0.220. The number of nitrogens with one attached hydrogen (secondary N) is 1. The zero-order valence-electron chi connectivity index (χ0n) is 8.59. The molecule has 0 bridgehead atoms. The molecule has 2 atom stereocenters. The molecule has 1 fully saturated rings. The monoisotopic (exact) mass is 267 g/mol. The molecule has 3 nitrogen and oxygen atoms in total. The SMILES string of the molecule is O=C1NC(c2ccc(F)c(F)c2)C(C(F)(F)F)O1. The molecule has 1 amide bonds. The Morgan fingerprint density at radius 3 is 2.39 bits per heavy atom. The number of alkyl halides is 3. The van der Waals surface area contributed by atoms with E-state index in [4.69, 9.17) is 0 Å². The fourth-order valence-corrected chi connectivity index (χ4v) is 1.64. The molecule has 1 aliphatic rings. The molecule has 8 heteroatoms. The second kappa shape index (κ2) is 4.11. The van der Waals surface area contributed by atoms with Gasteiger partial charge in [-0.3, -0.25) is 0 Å². The molecule has 0 saturated carbocycles. The first kappa shape index (κ1) is 12.6. The molecule has 0 spiro atoms. The summed E-state index contributed by atoms with van der Waals surface area (Å²) in [5, 5.41) is 1.90.